The zero-order chi connectivity index (χ0) is 13.1. The number of imidazole rings is 1. The number of carbonyl (C=O) groups excluding carboxylic acids is 1. The number of rotatable bonds is 4. The van der Waals surface area contributed by atoms with Crippen molar-refractivity contribution in [1.29, 1.82) is 0 Å². The van der Waals surface area contributed by atoms with Crippen molar-refractivity contribution in [3.05, 3.63) is 35.8 Å². The van der Waals surface area contributed by atoms with E-state index in [4.69, 9.17) is 4.74 Å². The number of aldehydes is 1. The van der Waals surface area contributed by atoms with Crippen molar-refractivity contribution in [3.8, 4) is 17.0 Å². The van der Waals surface area contributed by atoms with E-state index in [9.17, 15) is 4.79 Å². The third-order valence-corrected chi connectivity index (χ3v) is 2.51. The van der Waals surface area contributed by atoms with Crippen LogP contribution in [0.5, 0.6) is 5.75 Å². The van der Waals surface area contributed by atoms with Gasteiger partial charge in [-0.25, -0.2) is 4.98 Å². The molecule has 0 atom stereocenters. The molecule has 0 fully saturated rings. The summed E-state index contributed by atoms with van der Waals surface area (Å²) in [5, 5.41) is 0. The second-order valence-corrected chi connectivity index (χ2v) is 4.40. The van der Waals surface area contributed by atoms with E-state index in [1.807, 2.05) is 45.0 Å². The first kappa shape index (κ1) is 12.4. The largest absolute Gasteiger partial charge is 0.491 e. The molecular formula is C14H16N2O2. The second kappa shape index (κ2) is 5.04. The number of nitrogens with one attached hydrogen (secondary N) is 1. The SMILES string of the molecule is Cc1[nH]c(C=O)nc1-c1ccc(OC(C)C)cc1. The molecule has 0 saturated carbocycles. The summed E-state index contributed by atoms with van der Waals surface area (Å²) in [6, 6.07) is 7.69. The fourth-order valence-electron chi connectivity index (χ4n) is 1.78. The van der Waals surface area contributed by atoms with Gasteiger partial charge in [0.1, 0.15) is 5.75 Å². The predicted octanol–water partition coefficient (Wildman–Crippen LogP) is 2.98. The van der Waals surface area contributed by atoms with Crippen molar-refractivity contribution in [2.75, 3.05) is 0 Å². The minimum absolute atomic E-state index is 0.157. The van der Waals surface area contributed by atoms with Crippen LogP contribution < -0.4 is 4.74 Å². The van der Waals surface area contributed by atoms with E-state index in [0.717, 1.165) is 22.7 Å². The molecule has 0 aliphatic rings. The first-order valence-corrected chi connectivity index (χ1v) is 5.89. The summed E-state index contributed by atoms with van der Waals surface area (Å²) in [4.78, 5) is 17.8. The zero-order valence-electron chi connectivity index (χ0n) is 10.7. The molecule has 0 saturated heterocycles. The van der Waals surface area contributed by atoms with Gasteiger partial charge in [0, 0.05) is 11.3 Å². The standard InChI is InChI=1S/C14H16N2O2/c1-9(2)18-12-6-4-11(5-7-12)14-10(3)15-13(8-17)16-14/h4-9H,1-3H3,(H,15,16). The lowest BCUT2D eigenvalue weighted by molar-refractivity contribution is 0.111. The van der Waals surface area contributed by atoms with Gasteiger partial charge in [-0.2, -0.15) is 0 Å². The highest BCUT2D eigenvalue weighted by Gasteiger charge is 2.08. The van der Waals surface area contributed by atoms with Crippen LogP contribution in [0.2, 0.25) is 0 Å². The smallest absolute Gasteiger partial charge is 0.185 e. The van der Waals surface area contributed by atoms with E-state index >= 15 is 0 Å². The van der Waals surface area contributed by atoms with Gasteiger partial charge in [-0.15, -0.1) is 0 Å². The molecule has 4 nitrogen and oxygen atoms in total. The monoisotopic (exact) mass is 244 g/mol. The number of ether oxygens (including phenoxy) is 1. The normalized spacial score (nSPS) is 10.7. The molecule has 0 aliphatic heterocycles. The molecule has 0 unspecified atom stereocenters. The molecule has 4 heteroatoms. The van der Waals surface area contributed by atoms with Gasteiger partial charge in [-0.3, -0.25) is 4.79 Å². The van der Waals surface area contributed by atoms with Gasteiger partial charge in [-0.05, 0) is 45.0 Å². The Hall–Kier alpha value is -2.10. The molecular weight excluding hydrogens is 228 g/mol. The molecule has 1 aromatic carbocycles. The van der Waals surface area contributed by atoms with Crippen molar-refractivity contribution in [2.24, 2.45) is 0 Å². The van der Waals surface area contributed by atoms with E-state index in [-0.39, 0.29) is 6.10 Å². The van der Waals surface area contributed by atoms with E-state index in [2.05, 4.69) is 9.97 Å². The number of benzene rings is 1. The number of aromatic amines is 1. The molecule has 0 spiro atoms. The van der Waals surface area contributed by atoms with Crippen molar-refractivity contribution in [1.82, 2.24) is 9.97 Å². The second-order valence-electron chi connectivity index (χ2n) is 4.40. The lowest BCUT2D eigenvalue weighted by Crippen LogP contribution is -2.05. The number of hydrogen-bond donors (Lipinski definition) is 1. The van der Waals surface area contributed by atoms with Crippen LogP contribution in [-0.2, 0) is 0 Å². The number of nitrogens with zero attached hydrogens (tertiary/aromatic N) is 1. The van der Waals surface area contributed by atoms with Gasteiger partial charge in [0.2, 0.25) is 0 Å². The summed E-state index contributed by atoms with van der Waals surface area (Å²) in [6.45, 7) is 5.87. The summed E-state index contributed by atoms with van der Waals surface area (Å²) in [5.41, 5.74) is 2.65. The lowest BCUT2D eigenvalue weighted by atomic mass is 10.1. The molecule has 0 bridgehead atoms. The Morgan fingerprint density at radius 1 is 1.28 bits per heavy atom. The highest BCUT2D eigenvalue weighted by Crippen LogP contribution is 2.23. The molecule has 1 aromatic heterocycles. The van der Waals surface area contributed by atoms with Gasteiger partial charge >= 0.3 is 0 Å². The van der Waals surface area contributed by atoms with Crippen molar-refractivity contribution in [2.45, 2.75) is 26.9 Å². The minimum Gasteiger partial charge on any atom is -0.491 e. The highest BCUT2D eigenvalue weighted by atomic mass is 16.5. The van der Waals surface area contributed by atoms with E-state index < -0.39 is 0 Å². The third-order valence-electron chi connectivity index (χ3n) is 2.51. The van der Waals surface area contributed by atoms with Gasteiger partial charge in [0.05, 0.1) is 11.8 Å². The Labute approximate surface area is 106 Å². The van der Waals surface area contributed by atoms with Crippen LogP contribution in [0.1, 0.15) is 30.2 Å². The number of aryl methyl sites for hydroxylation is 1. The van der Waals surface area contributed by atoms with Crippen LogP contribution in [0.3, 0.4) is 0 Å². The van der Waals surface area contributed by atoms with Gasteiger partial charge in [0.15, 0.2) is 12.1 Å². The fraction of sp³-hybridized carbons (Fsp3) is 0.286. The molecule has 1 N–H and O–H groups in total. The summed E-state index contributed by atoms with van der Waals surface area (Å²) in [7, 11) is 0. The molecule has 2 rings (SSSR count). The maximum atomic E-state index is 10.7. The fourth-order valence-corrected chi connectivity index (χ4v) is 1.78. The number of aromatic nitrogens is 2. The first-order chi connectivity index (χ1) is 8.60. The van der Waals surface area contributed by atoms with Crippen molar-refractivity contribution >= 4 is 6.29 Å². The van der Waals surface area contributed by atoms with Gasteiger partial charge in [-0.1, -0.05) is 0 Å². The zero-order valence-corrected chi connectivity index (χ0v) is 10.7. The van der Waals surface area contributed by atoms with E-state index in [1.54, 1.807) is 0 Å². The van der Waals surface area contributed by atoms with Crippen LogP contribution in [-0.4, -0.2) is 22.4 Å². The maximum Gasteiger partial charge on any atom is 0.185 e. The molecule has 0 amide bonds. The minimum atomic E-state index is 0.157. The predicted molar refractivity (Wildman–Crippen MR) is 69.9 cm³/mol. The molecule has 18 heavy (non-hydrogen) atoms. The first-order valence-electron chi connectivity index (χ1n) is 5.89. The Morgan fingerprint density at radius 3 is 2.44 bits per heavy atom. The Kier molecular flexibility index (Phi) is 3.46. The topological polar surface area (TPSA) is 55.0 Å². The molecule has 0 radical (unpaired) electrons. The third kappa shape index (κ3) is 2.59. The van der Waals surface area contributed by atoms with Gasteiger partial charge < -0.3 is 9.72 Å². The van der Waals surface area contributed by atoms with Crippen LogP contribution in [0.4, 0.5) is 0 Å². The van der Waals surface area contributed by atoms with Gasteiger partial charge in [0.25, 0.3) is 0 Å². The Morgan fingerprint density at radius 2 is 1.94 bits per heavy atom. The molecule has 2 aromatic rings. The van der Waals surface area contributed by atoms with E-state index in [0.29, 0.717) is 12.1 Å². The maximum absolute atomic E-state index is 10.7. The van der Waals surface area contributed by atoms with Crippen LogP contribution >= 0.6 is 0 Å². The number of H-pyrrole nitrogens is 1. The van der Waals surface area contributed by atoms with Crippen LogP contribution in [0.25, 0.3) is 11.3 Å². The summed E-state index contributed by atoms with van der Waals surface area (Å²) in [5.74, 6) is 1.18. The van der Waals surface area contributed by atoms with Crippen molar-refractivity contribution < 1.29 is 9.53 Å². The summed E-state index contributed by atoms with van der Waals surface area (Å²) in [6.07, 6.45) is 0.872. The summed E-state index contributed by atoms with van der Waals surface area (Å²) < 4.78 is 5.58. The van der Waals surface area contributed by atoms with Crippen LogP contribution in [0, 0.1) is 6.92 Å². The Bertz CT molecular complexity index is 541. The molecule has 1 heterocycles. The molecule has 94 valence electrons. The van der Waals surface area contributed by atoms with E-state index in [1.165, 1.54) is 0 Å². The van der Waals surface area contributed by atoms with Crippen LogP contribution in [0.15, 0.2) is 24.3 Å². The van der Waals surface area contributed by atoms with Crippen molar-refractivity contribution in [3.63, 3.8) is 0 Å². The number of carbonyl (C=O) groups is 1. The highest BCUT2D eigenvalue weighted by molar-refractivity contribution is 5.73. The molecule has 0 aliphatic carbocycles. The Balaban J connectivity index is 2.28. The average molecular weight is 244 g/mol. The quantitative estimate of drug-likeness (QED) is 0.841. The average Bonchev–Trinajstić information content (AvgIpc) is 2.71. The lowest BCUT2D eigenvalue weighted by Gasteiger charge is -2.09. The summed E-state index contributed by atoms with van der Waals surface area (Å²) >= 11 is 0. The number of hydrogen-bond acceptors (Lipinski definition) is 3.